The molecule has 0 aromatic carbocycles. The largest absolute Gasteiger partial charge is 0.437 e. The molecule has 3 aliphatic heterocycles. The fraction of sp³-hybridized carbons (Fsp3) is 0.722. The van der Waals surface area contributed by atoms with E-state index < -0.39 is 0 Å². The van der Waals surface area contributed by atoms with Gasteiger partial charge in [-0.15, -0.1) is 0 Å². The first-order chi connectivity index (χ1) is 12.1. The lowest BCUT2D eigenvalue weighted by Gasteiger charge is -2.29. The van der Waals surface area contributed by atoms with Crippen LogP contribution in [0, 0.1) is 5.92 Å². The molecule has 0 radical (unpaired) electrons. The molecule has 7 heteroatoms. The van der Waals surface area contributed by atoms with Gasteiger partial charge in [0.05, 0.1) is 6.54 Å². The topological polar surface area (TPSA) is 75.9 Å². The van der Waals surface area contributed by atoms with Gasteiger partial charge < -0.3 is 19.0 Å². The molecule has 4 rings (SSSR count). The summed E-state index contributed by atoms with van der Waals surface area (Å²) in [6, 6.07) is 0. The Labute approximate surface area is 147 Å². The van der Waals surface area contributed by atoms with Crippen LogP contribution in [-0.2, 0) is 22.5 Å². The van der Waals surface area contributed by atoms with E-state index in [-0.39, 0.29) is 23.8 Å². The molecule has 0 aliphatic carbocycles. The molecule has 0 saturated carbocycles. The van der Waals surface area contributed by atoms with Crippen LogP contribution in [0.3, 0.4) is 0 Å². The Bertz CT molecular complexity index is 665. The molecule has 2 amide bonds. The number of rotatable bonds is 2. The molecule has 25 heavy (non-hydrogen) atoms. The second-order valence-corrected chi connectivity index (χ2v) is 7.40. The summed E-state index contributed by atoms with van der Waals surface area (Å²) in [5, 5.41) is 0. The Morgan fingerprint density at radius 1 is 1.16 bits per heavy atom. The molecule has 2 fully saturated rings. The summed E-state index contributed by atoms with van der Waals surface area (Å²) < 4.78 is 11.2. The van der Waals surface area contributed by atoms with Crippen molar-refractivity contribution < 1.29 is 18.7 Å². The highest BCUT2D eigenvalue weighted by Crippen LogP contribution is 2.24. The summed E-state index contributed by atoms with van der Waals surface area (Å²) in [6.45, 7) is 5.34. The smallest absolute Gasteiger partial charge is 0.309 e. The van der Waals surface area contributed by atoms with Crippen molar-refractivity contribution in [3.05, 3.63) is 17.3 Å². The standard InChI is InChI=1S/C18H25N3O4/c1-12-4-2-7-20(10-12)18(23)16-19-13-11-21(8-6-14(13)25-16)17(22)15-5-3-9-24-15/h12,15H,2-11H2,1H3/t12-,15-/m1/s1. The number of oxazole rings is 1. The molecule has 2 atom stereocenters. The summed E-state index contributed by atoms with van der Waals surface area (Å²) >= 11 is 0. The summed E-state index contributed by atoms with van der Waals surface area (Å²) in [4.78, 5) is 33.2. The van der Waals surface area contributed by atoms with E-state index in [1.807, 2.05) is 4.90 Å². The molecule has 0 unspecified atom stereocenters. The second kappa shape index (κ2) is 6.78. The first-order valence-corrected chi connectivity index (χ1v) is 9.30. The van der Waals surface area contributed by atoms with Gasteiger partial charge in [0.2, 0.25) is 0 Å². The van der Waals surface area contributed by atoms with Gasteiger partial charge in [-0.25, -0.2) is 4.98 Å². The van der Waals surface area contributed by atoms with E-state index in [1.165, 1.54) is 0 Å². The quantitative estimate of drug-likeness (QED) is 0.812. The third-order valence-corrected chi connectivity index (χ3v) is 5.37. The first-order valence-electron chi connectivity index (χ1n) is 9.30. The number of hydrogen-bond donors (Lipinski definition) is 0. The molecular weight excluding hydrogens is 322 g/mol. The van der Waals surface area contributed by atoms with Crippen molar-refractivity contribution in [1.82, 2.24) is 14.8 Å². The SMILES string of the molecule is C[C@@H]1CCCN(C(=O)c2nc3c(o2)CCN(C(=O)[C@H]2CCCO2)C3)C1. The zero-order chi connectivity index (χ0) is 17.4. The summed E-state index contributed by atoms with van der Waals surface area (Å²) in [5.74, 6) is 1.33. The van der Waals surface area contributed by atoms with Crippen molar-refractivity contribution >= 4 is 11.8 Å². The summed E-state index contributed by atoms with van der Waals surface area (Å²) in [5.41, 5.74) is 0.714. The molecular formula is C18H25N3O4. The van der Waals surface area contributed by atoms with Crippen LogP contribution >= 0.6 is 0 Å². The average molecular weight is 347 g/mol. The molecule has 2 saturated heterocycles. The molecule has 0 N–H and O–H groups in total. The predicted octanol–water partition coefficient (Wildman–Crippen LogP) is 1.61. The van der Waals surface area contributed by atoms with Gasteiger partial charge in [0, 0.05) is 32.7 Å². The zero-order valence-electron chi connectivity index (χ0n) is 14.7. The minimum atomic E-state index is -0.315. The van der Waals surface area contributed by atoms with Crippen LogP contribution in [0.25, 0.3) is 0 Å². The lowest BCUT2D eigenvalue weighted by molar-refractivity contribution is -0.142. The highest BCUT2D eigenvalue weighted by Gasteiger charge is 2.33. The van der Waals surface area contributed by atoms with Crippen molar-refractivity contribution in [2.75, 3.05) is 26.2 Å². The number of ether oxygens (including phenoxy) is 1. The Kier molecular flexibility index (Phi) is 4.50. The van der Waals surface area contributed by atoms with Crippen LogP contribution in [0.2, 0.25) is 0 Å². The van der Waals surface area contributed by atoms with Gasteiger partial charge in [-0.1, -0.05) is 6.92 Å². The maximum atomic E-state index is 12.7. The molecule has 0 bridgehead atoms. The fourth-order valence-electron chi connectivity index (χ4n) is 3.96. The number of aromatic nitrogens is 1. The van der Waals surface area contributed by atoms with Gasteiger partial charge in [0.1, 0.15) is 17.6 Å². The van der Waals surface area contributed by atoms with Crippen LogP contribution in [-0.4, -0.2) is 58.9 Å². The van der Waals surface area contributed by atoms with Crippen LogP contribution in [0.15, 0.2) is 4.42 Å². The molecule has 4 heterocycles. The van der Waals surface area contributed by atoms with E-state index in [2.05, 4.69) is 11.9 Å². The number of hydrogen-bond acceptors (Lipinski definition) is 5. The number of carbonyl (C=O) groups excluding carboxylic acids is 2. The molecule has 136 valence electrons. The molecule has 3 aliphatic rings. The lowest BCUT2D eigenvalue weighted by atomic mass is 10.0. The van der Waals surface area contributed by atoms with Gasteiger partial charge in [-0.05, 0) is 31.6 Å². The third kappa shape index (κ3) is 3.29. The minimum Gasteiger partial charge on any atom is -0.437 e. The van der Waals surface area contributed by atoms with Crippen molar-refractivity contribution in [1.29, 1.82) is 0 Å². The number of piperidine rings is 1. The van der Waals surface area contributed by atoms with E-state index >= 15 is 0 Å². The second-order valence-electron chi connectivity index (χ2n) is 7.40. The number of nitrogens with zero attached hydrogens (tertiary/aromatic N) is 3. The van der Waals surface area contributed by atoms with E-state index in [1.54, 1.807) is 4.90 Å². The van der Waals surface area contributed by atoms with Gasteiger partial charge in [0.15, 0.2) is 0 Å². The Hall–Kier alpha value is -1.89. The van der Waals surface area contributed by atoms with E-state index in [9.17, 15) is 9.59 Å². The minimum absolute atomic E-state index is 0.0314. The maximum Gasteiger partial charge on any atom is 0.309 e. The van der Waals surface area contributed by atoms with Gasteiger partial charge >= 0.3 is 5.91 Å². The monoisotopic (exact) mass is 347 g/mol. The highest BCUT2D eigenvalue weighted by atomic mass is 16.5. The number of amides is 2. The predicted molar refractivity (Wildman–Crippen MR) is 88.9 cm³/mol. The normalized spacial score (nSPS) is 26.6. The number of carbonyl (C=O) groups is 2. The Balaban J connectivity index is 1.45. The van der Waals surface area contributed by atoms with Crippen molar-refractivity contribution in [3.8, 4) is 0 Å². The van der Waals surface area contributed by atoms with Gasteiger partial charge in [0.25, 0.3) is 11.8 Å². The van der Waals surface area contributed by atoms with Gasteiger partial charge in [-0.2, -0.15) is 0 Å². The van der Waals surface area contributed by atoms with E-state index in [0.29, 0.717) is 37.7 Å². The van der Waals surface area contributed by atoms with Crippen LogP contribution < -0.4 is 0 Å². The van der Waals surface area contributed by atoms with E-state index in [0.717, 1.165) is 44.5 Å². The Morgan fingerprint density at radius 2 is 2.04 bits per heavy atom. The average Bonchev–Trinajstić information content (AvgIpc) is 3.29. The van der Waals surface area contributed by atoms with Crippen molar-refractivity contribution in [2.24, 2.45) is 5.92 Å². The summed E-state index contributed by atoms with van der Waals surface area (Å²) in [6.07, 6.45) is 4.20. The third-order valence-electron chi connectivity index (χ3n) is 5.37. The number of fused-ring (bicyclic) bond motifs is 1. The molecule has 1 aromatic rings. The van der Waals surface area contributed by atoms with Crippen molar-refractivity contribution in [3.63, 3.8) is 0 Å². The maximum absolute atomic E-state index is 12.7. The van der Waals surface area contributed by atoms with Crippen LogP contribution in [0.1, 0.15) is 54.7 Å². The van der Waals surface area contributed by atoms with Crippen LogP contribution in [0.5, 0.6) is 0 Å². The summed E-state index contributed by atoms with van der Waals surface area (Å²) in [7, 11) is 0. The molecule has 1 aromatic heterocycles. The van der Waals surface area contributed by atoms with E-state index in [4.69, 9.17) is 9.15 Å². The number of likely N-dealkylation sites (tertiary alicyclic amines) is 1. The van der Waals surface area contributed by atoms with Gasteiger partial charge in [-0.3, -0.25) is 9.59 Å². The zero-order valence-corrected chi connectivity index (χ0v) is 14.7. The van der Waals surface area contributed by atoms with Crippen molar-refractivity contribution in [2.45, 2.75) is 51.7 Å². The Morgan fingerprint density at radius 3 is 2.80 bits per heavy atom. The fourth-order valence-corrected chi connectivity index (χ4v) is 3.96. The molecule has 7 nitrogen and oxygen atoms in total. The van der Waals surface area contributed by atoms with Crippen LogP contribution in [0.4, 0.5) is 0 Å². The highest BCUT2D eigenvalue weighted by molar-refractivity contribution is 5.90. The molecule has 0 spiro atoms. The lowest BCUT2D eigenvalue weighted by Crippen LogP contribution is -2.41. The first kappa shape index (κ1) is 16.6.